The van der Waals surface area contributed by atoms with Crippen molar-refractivity contribution in [3.8, 4) is 0 Å². The number of aromatic nitrogens is 2. The number of pyridine rings is 2. The first-order valence-electron chi connectivity index (χ1n) is 10.9. The first-order chi connectivity index (χ1) is 15.3. The number of carboxylic acid groups (broad SMARTS) is 1. The lowest BCUT2D eigenvalue weighted by atomic mass is 9.90. The molecule has 0 aromatic carbocycles. The molecule has 2 aliphatic rings. The molecule has 1 unspecified atom stereocenters. The van der Waals surface area contributed by atoms with Crippen molar-refractivity contribution in [1.29, 1.82) is 0 Å². The number of halogens is 1. The SMILES string of the molecule is CC(=O)c1cnc2ccc(Cl)nc2c1NC1CCC(NC(=O)C2CCCN2C(=O)O)CC1. The third kappa shape index (κ3) is 4.62. The molecule has 2 aromatic heterocycles. The molecule has 0 bridgehead atoms. The number of Topliss-reactive ketones (excluding diaryl/α,β-unsaturated/α-hetero) is 1. The molecule has 4 rings (SSSR count). The van der Waals surface area contributed by atoms with Gasteiger partial charge in [0.2, 0.25) is 5.91 Å². The van der Waals surface area contributed by atoms with Gasteiger partial charge in [0.15, 0.2) is 5.78 Å². The molecule has 2 amide bonds. The Morgan fingerprint density at radius 1 is 1.12 bits per heavy atom. The van der Waals surface area contributed by atoms with Crippen LogP contribution in [0.15, 0.2) is 18.3 Å². The number of carbonyl (C=O) groups is 3. The van der Waals surface area contributed by atoms with Crippen molar-refractivity contribution in [2.24, 2.45) is 0 Å². The predicted molar refractivity (Wildman–Crippen MR) is 120 cm³/mol. The molecule has 170 valence electrons. The molecular weight excluding hydrogens is 434 g/mol. The quantitative estimate of drug-likeness (QED) is 0.461. The highest BCUT2D eigenvalue weighted by Crippen LogP contribution is 2.30. The Bertz CT molecular complexity index is 1050. The van der Waals surface area contributed by atoms with Gasteiger partial charge in [-0.1, -0.05) is 11.6 Å². The van der Waals surface area contributed by atoms with E-state index in [1.165, 1.54) is 11.8 Å². The van der Waals surface area contributed by atoms with E-state index in [0.717, 1.165) is 25.7 Å². The Labute approximate surface area is 190 Å². The number of ketones is 1. The van der Waals surface area contributed by atoms with E-state index in [-0.39, 0.29) is 23.8 Å². The van der Waals surface area contributed by atoms with Crippen LogP contribution < -0.4 is 10.6 Å². The van der Waals surface area contributed by atoms with Gasteiger partial charge in [0.25, 0.3) is 0 Å². The van der Waals surface area contributed by atoms with Crippen LogP contribution >= 0.6 is 11.6 Å². The first kappa shape index (κ1) is 22.3. The number of amides is 2. The van der Waals surface area contributed by atoms with Gasteiger partial charge in [-0.3, -0.25) is 19.5 Å². The molecule has 32 heavy (non-hydrogen) atoms. The minimum Gasteiger partial charge on any atom is -0.465 e. The summed E-state index contributed by atoms with van der Waals surface area (Å²) in [7, 11) is 0. The van der Waals surface area contributed by atoms with Crippen molar-refractivity contribution in [1.82, 2.24) is 20.2 Å². The van der Waals surface area contributed by atoms with E-state index in [4.69, 9.17) is 11.6 Å². The van der Waals surface area contributed by atoms with Gasteiger partial charge in [-0.15, -0.1) is 0 Å². The van der Waals surface area contributed by atoms with E-state index in [1.54, 1.807) is 18.3 Å². The lowest BCUT2D eigenvalue weighted by Crippen LogP contribution is -2.49. The predicted octanol–water partition coefficient (Wildman–Crippen LogP) is 3.47. The minimum absolute atomic E-state index is 0.00539. The van der Waals surface area contributed by atoms with Gasteiger partial charge in [0.1, 0.15) is 16.7 Å². The molecule has 1 saturated heterocycles. The highest BCUT2D eigenvalue weighted by Gasteiger charge is 2.35. The number of anilines is 1. The van der Waals surface area contributed by atoms with Crippen molar-refractivity contribution in [2.75, 3.05) is 11.9 Å². The number of rotatable bonds is 5. The number of hydrogen-bond acceptors (Lipinski definition) is 6. The van der Waals surface area contributed by atoms with Crippen molar-refractivity contribution < 1.29 is 19.5 Å². The molecule has 3 N–H and O–H groups in total. The molecule has 10 heteroatoms. The summed E-state index contributed by atoms with van der Waals surface area (Å²) in [5.74, 6) is -0.316. The van der Waals surface area contributed by atoms with Crippen LogP contribution in [0, 0.1) is 0 Å². The number of carbonyl (C=O) groups excluding carboxylic acids is 2. The fourth-order valence-electron chi connectivity index (χ4n) is 4.61. The molecule has 0 radical (unpaired) electrons. The van der Waals surface area contributed by atoms with Gasteiger partial charge in [-0.2, -0.15) is 0 Å². The lowest BCUT2D eigenvalue weighted by Gasteiger charge is -2.32. The molecule has 1 atom stereocenters. The summed E-state index contributed by atoms with van der Waals surface area (Å²) >= 11 is 6.08. The van der Waals surface area contributed by atoms with E-state index in [0.29, 0.717) is 46.8 Å². The van der Waals surface area contributed by atoms with E-state index in [1.807, 2.05) is 0 Å². The van der Waals surface area contributed by atoms with Crippen LogP contribution in [0.1, 0.15) is 55.8 Å². The average Bonchev–Trinajstić information content (AvgIpc) is 3.26. The Balaban J connectivity index is 1.41. The van der Waals surface area contributed by atoms with Gasteiger partial charge < -0.3 is 15.7 Å². The van der Waals surface area contributed by atoms with Gasteiger partial charge in [0.05, 0.1) is 16.8 Å². The molecule has 1 aliphatic heterocycles. The molecular formula is C22H26ClN5O4. The third-order valence-corrected chi connectivity index (χ3v) is 6.49. The molecule has 9 nitrogen and oxygen atoms in total. The van der Waals surface area contributed by atoms with Crippen LogP contribution in [0.4, 0.5) is 10.5 Å². The summed E-state index contributed by atoms with van der Waals surface area (Å²) in [5.41, 5.74) is 2.33. The highest BCUT2D eigenvalue weighted by molar-refractivity contribution is 6.30. The normalized spacial score (nSPS) is 23.2. The zero-order valence-electron chi connectivity index (χ0n) is 17.8. The zero-order chi connectivity index (χ0) is 22.8. The van der Waals surface area contributed by atoms with Gasteiger partial charge in [-0.05, 0) is 57.6 Å². The Morgan fingerprint density at radius 2 is 1.84 bits per heavy atom. The number of nitrogens with zero attached hydrogens (tertiary/aromatic N) is 3. The molecule has 2 aromatic rings. The van der Waals surface area contributed by atoms with Gasteiger partial charge in [0, 0.05) is 24.8 Å². The summed E-state index contributed by atoms with van der Waals surface area (Å²) in [5, 5.41) is 16.1. The monoisotopic (exact) mass is 459 g/mol. The first-order valence-corrected chi connectivity index (χ1v) is 11.2. The molecule has 1 saturated carbocycles. The topological polar surface area (TPSA) is 125 Å². The van der Waals surface area contributed by atoms with Crippen molar-refractivity contribution in [3.05, 3.63) is 29.0 Å². The van der Waals surface area contributed by atoms with Crippen LogP contribution in [-0.4, -0.2) is 62.4 Å². The maximum atomic E-state index is 12.6. The van der Waals surface area contributed by atoms with E-state index in [2.05, 4.69) is 20.6 Å². The van der Waals surface area contributed by atoms with Crippen LogP contribution in [0.25, 0.3) is 11.0 Å². The van der Waals surface area contributed by atoms with Crippen LogP contribution in [0.3, 0.4) is 0 Å². The fourth-order valence-corrected chi connectivity index (χ4v) is 4.75. The molecule has 2 fully saturated rings. The summed E-state index contributed by atoms with van der Waals surface area (Å²) < 4.78 is 0. The van der Waals surface area contributed by atoms with Crippen molar-refractivity contribution >= 4 is 46.1 Å². The zero-order valence-corrected chi connectivity index (χ0v) is 18.6. The maximum Gasteiger partial charge on any atom is 0.407 e. The van der Waals surface area contributed by atoms with Crippen molar-refractivity contribution in [3.63, 3.8) is 0 Å². The van der Waals surface area contributed by atoms with E-state index in [9.17, 15) is 19.5 Å². The second-order valence-electron chi connectivity index (χ2n) is 8.44. The minimum atomic E-state index is -1.05. The number of nitrogens with one attached hydrogen (secondary N) is 2. The second-order valence-corrected chi connectivity index (χ2v) is 8.83. The number of hydrogen-bond donors (Lipinski definition) is 3. The van der Waals surface area contributed by atoms with Crippen LogP contribution in [0.2, 0.25) is 5.15 Å². The largest absolute Gasteiger partial charge is 0.465 e. The third-order valence-electron chi connectivity index (χ3n) is 6.28. The van der Waals surface area contributed by atoms with Crippen molar-refractivity contribution in [2.45, 2.75) is 63.6 Å². The smallest absolute Gasteiger partial charge is 0.407 e. The number of likely N-dealkylation sites (tertiary alicyclic amines) is 1. The summed E-state index contributed by atoms with van der Waals surface area (Å²) in [6, 6.07) is 2.95. The Hall–Kier alpha value is -2.94. The van der Waals surface area contributed by atoms with Crippen LogP contribution in [-0.2, 0) is 4.79 Å². The summed E-state index contributed by atoms with van der Waals surface area (Å²) in [6.45, 7) is 1.90. The standard InChI is InChI=1S/C22H26ClN5O4/c1-12(29)15-11-24-16-8-9-18(23)27-20(16)19(15)25-13-4-6-14(7-5-13)26-21(30)17-3-2-10-28(17)22(31)32/h8-9,11,13-14,17H,2-7,10H2,1H3,(H,24,25)(H,26,30)(H,31,32). The molecule has 1 aliphatic carbocycles. The Morgan fingerprint density at radius 3 is 2.53 bits per heavy atom. The van der Waals surface area contributed by atoms with Crippen LogP contribution in [0.5, 0.6) is 0 Å². The number of fused-ring (bicyclic) bond motifs is 1. The molecule has 0 spiro atoms. The summed E-state index contributed by atoms with van der Waals surface area (Å²) in [4.78, 5) is 46.0. The van der Waals surface area contributed by atoms with Gasteiger partial charge in [-0.25, -0.2) is 9.78 Å². The Kier molecular flexibility index (Phi) is 6.45. The second kappa shape index (κ2) is 9.28. The maximum absolute atomic E-state index is 12.6. The fraction of sp³-hybridized carbons (Fsp3) is 0.500. The van der Waals surface area contributed by atoms with E-state index < -0.39 is 12.1 Å². The van der Waals surface area contributed by atoms with Gasteiger partial charge >= 0.3 is 6.09 Å². The highest BCUT2D eigenvalue weighted by atomic mass is 35.5. The lowest BCUT2D eigenvalue weighted by molar-refractivity contribution is -0.125. The average molecular weight is 460 g/mol. The summed E-state index contributed by atoms with van der Waals surface area (Å²) in [6.07, 6.45) is 4.89. The van der Waals surface area contributed by atoms with E-state index >= 15 is 0 Å². The molecule has 3 heterocycles.